The van der Waals surface area contributed by atoms with Crippen molar-refractivity contribution in [3.05, 3.63) is 60.8 Å². The number of nitrogens with zero attached hydrogens (tertiary/aromatic N) is 2. The van der Waals surface area contributed by atoms with Crippen LogP contribution in [0.15, 0.2) is 59.5 Å². The Kier molecular flexibility index (Phi) is 4.73. The van der Waals surface area contributed by atoms with Crippen LogP contribution in [0, 0.1) is 0 Å². The van der Waals surface area contributed by atoms with Gasteiger partial charge in [0.25, 0.3) is 0 Å². The van der Waals surface area contributed by atoms with E-state index >= 15 is 0 Å². The first-order chi connectivity index (χ1) is 11.3. The highest BCUT2D eigenvalue weighted by Gasteiger charge is 2.01. The second-order valence-electron chi connectivity index (χ2n) is 4.80. The Labute approximate surface area is 134 Å². The van der Waals surface area contributed by atoms with Gasteiger partial charge < -0.3 is 19.8 Å². The Bertz CT molecular complexity index is 727. The SMILES string of the molecule is CCOc1ccc(Nc2cc(NCc3ccco3)ncn2)cc1. The second-order valence-corrected chi connectivity index (χ2v) is 4.80. The number of aromatic nitrogens is 2. The molecular formula is C17H18N4O2. The molecule has 6 heteroatoms. The van der Waals surface area contributed by atoms with E-state index in [1.54, 1.807) is 6.26 Å². The summed E-state index contributed by atoms with van der Waals surface area (Å²) in [5.74, 6) is 3.14. The zero-order valence-electron chi connectivity index (χ0n) is 12.8. The van der Waals surface area contributed by atoms with E-state index in [9.17, 15) is 0 Å². The molecule has 2 heterocycles. The van der Waals surface area contributed by atoms with Gasteiger partial charge in [-0.3, -0.25) is 0 Å². The Balaban J connectivity index is 1.62. The molecule has 6 nitrogen and oxygen atoms in total. The fourth-order valence-electron chi connectivity index (χ4n) is 2.06. The van der Waals surface area contributed by atoms with E-state index in [-0.39, 0.29) is 0 Å². The molecule has 0 aliphatic rings. The molecule has 0 saturated carbocycles. The van der Waals surface area contributed by atoms with Gasteiger partial charge in [0, 0.05) is 11.8 Å². The maximum atomic E-state index is 5.43. The third-order valence-corrected chi connectivity index (χ3v) is 3.13. The van der Waals surface area contributed by atoms with E-state index in [1.807, 2.05) is 49.4 Å². The van der Waals surface area contributed by atoms with E-state index < -0.39 is 0 Å². The molecule has 0 fully saturated rings. The monoisotopic (exact) mass is 310 g/mol. The lowest BCUT2D eigenvalue weighted by molar-refractivity contribution is 0.340. The Morgan fingerprint density at radius 2 is 1.91 bits per heavy atom. The van der Waals surface area contributed by atoms with Crippen molar-refractivity contribution in [2.75, 3.05) is 17.2 Å². The van der Waals surface area contributed by atoms with E-state index in [0.29, 0.717) is 19.0 Å². The molecular weight excluding hydrogens is 292 g/mol. The number of anilines is 3. The number of nitrogens with one attached hydrogen (secondary N) is 2. The lowest BCUT2D eigenvalue weighted by atomic mass is 10.3. The molecule has 3 aromatic rings. The summed E-state index contributed by atoms with van der Waals surface area (Å²) in [6.45, 7) is 3.19. The van der Waals surface area contributed by atoms with Gasteiger partial charge in [-0.15, -0.1) is 0 Å². The van der Waals surface area contributed by atoms with Crippen LogP contribution in [0.2, 0.25) is 0 Å². The van der Waals surface area contributed by atoms with Gasteiger partial charge in [0.05, 0.1) is 19.4 Å². The van der Waals surface area contributed by atoms with Crippen molar-refractivity contribution in [3.8, 4) is 5.75 Å². The highest BCUT2D eigenvalue weighted by atomic mass is 16.5. The number of rotatable bonds is 7. The molecule has 118 valence electrons. The van der Waals surface area contributed by atoms with Gasteiger partial charge in [0.15, 0.2) is 0 Å². The number of hydrogen-bond donors (Lipinski definition) is 2. The lowest BCUT2D eigenvalue weighted by Gasteiger charge is -2.09. The Morgan fingerprint density at radius 3 is 2.65 bits per heavy atom. The lowest BCUT2D eigenvalue weighted by Crippen LogP contribution is -2.02. The summed E-state index contributed by atoms with van der Waals surface area (Å²) in [7, 11) is 0. The van der Waals surface area contributed by atoms with E-state index in [4.69, 9.17) is 9.15 Å². The van der Waals surface area contributed by atoms with Crippen LogP contribution >= 0.6 is 0 Å². The third-order valence-electron chi connectivity index (χ3n) is 3.13. The van der Waals surface area contributed by atoms with Gasteiger partial charge in [0.1, 0.15) is 29.5 Å². The zero-order valence-corrected chi connectivity index (χ0v) is 12.8. The van der Waals surface area contributed by atoms with Crippen LogP contribution in [0.5, 0.6) is 5.75 Å². The molecule has 0 bridgehead atoms. The van der Waals surface area contributed by atoms with Crippen molar-refractivity contribution in [2.45, 2.75) is 13.5 Å². The predicted octanol–water partition coefficient (Wildman–Crippen LogP) is 3.82. The van der Waals surface area contributed by atoms with Gasteiger partial charge in [-0.1, -0.05) is 0 Å². The minimum absolute atomic E-state index is 0.576. The van der Waals surface area contributed by atoms with Crippen LogP contribution in [0.4, 0.5) is 17.3 Å². The summed E-state index contributed by atoms with van der Waals surface area (Å²) in [6, 6.07) is 13.3. The summed E-state index contributed by atoms with van der Waals surface area (Å²) >= 11 is 0. The minimum Gasteiger partial charge on any atom is -0.494 e. The van der Waals surface area contributed by atoms with Gasteiger partial charge >= 0.3 is 0 Å². The van der Waals surface area contributed by atoms with Gasteiger partial charge in [-0.2, -0.15) is 0 Å². The molecule has 0 unspecified atom stereocenters. The van der Waals surface area contributed by atoms with E-state index in [1.165, 1.54) is 6.33 Å². The largest absolute Gasteiger partial charge is 0.494 e. The average Bonchev–Trinajstić information content (AvgIpc) is 3.09. The van der Waals surface area contributed by atoms with Crippen molar-refractivity contribution in [1.82, 2.24) is 9.97 Å². The summed E-state index contributed by atoms with van der Waals surface area (Å²) in [6.07, 6.45) is 3.16. The number of furan rings is 1. The number of ether oxygens (including phenoxy) is 1. The smallest absolute Gasteiger partial charge is 0.135 e. The van der Waals surface area contributed by atoms with Gasteiger partial charge in [-0.25, -0.2) is 9.97 Å². The first-order valence-corrected chi connectivity index (χ1v) is 7.41. The van der Waals surface area contributed by atoms with Crippen LogP contribution in [-0.4, -0.2) is 16.6 Å². The molecule has 3 rings (SSSR count). The van der Waals surface area contributed by atoms with Crippen LogP contribution in [0.1, 0.15) is 12.7 Å². The summed E-state index contributed by atoms with van der Waals surface area (Å²) < 4.78 is 10.7. The van der Waals surface area contributed by atoms with Gasteiger partial charge in [0.2, 0.25) is 0 Å². The summed E-state index contributed by atoms with van der Waals surface area (Å²) in [4.78, 5) is 8.42. The summed E-state index contributed by atoms with van der Waals surface area (Å²) in [5, 5.41) is 6.43. The fraction of sp³-hybridized carbons (Fsp3) is 0.176. The molecule has 0 atom stereocenters. The maximum absolute atomic E-state index is 5.43. The predicted molar refractivity (Wildman–Crippen MR) is 89.0 cm³/mol. The van der Waals surface area contributed by atoms with Crippen molar-refractivity contribution in [3.63, 3.8) is 0 Å². The van der Waals surface area contributed by atoms with E-state index in [0.717, 1.165) is 23.0 Å². The maximum Gasteiger partial charge on any atom is 0.135 e. The van der Waals surface area contributed by atoms with Crippen LogP contribution < -0.4 is 15.4 Å². The average molecular weight is 310 g/mol. The highest BCUT2D eigenvalue weighted by molar-refractivity contribution is 5.59. The Morgan fingerprint density at radius 1 is 1.09 bits per heavy atom. The molecule has 0 spiro atoms. The molecule has 0 aliphatic carbocycles. The molecule has 2 aromatic heterocycles. The Hall–Kier alpha value is -3.02. The second kappa shape index (κ2) is 7.31. The molecule has 2 N–H and O–H groups in total. The van der Waals surface area contributed by atoms with Crippen LogP contribution in [0.25, 0.3) is 0 Å². The first-order valence-electron chi connectivity index (χ1n) is 7.41. The number of hydrogen-bond acceptors (Lipinski definition) is 6. The van der Waals surface area contributed by atoms with Crippen LogP contribution in [0.3, 0.4) is 0 Å². The van der Waals surface area contributed by atoms with Crippen molar-refractivity contribution in [2.24, 2.45) is 0 Å². The van der Waals surface area contributed by atoms with Crippen molar-refractivity contribution < 1.29 is 9.15 Å². The molecule has 0 radical (unpaired) electrons. The zero-order chi connectivity index (χ0) is 15.9. The molecule has 0 amide bonds. The normalized spacial score (nSPS) is 10.3. The molecule has 23 heavy (non-hydrogen) atoms. The third kappa shape index (κ3) is 4.23. The molecule has 0 aliphatic heterocycles. The summed E-state index contributed by atoms with van der Waals surface area (Å²) in [5.41, 5.74) is 0.934. The van der Waals surface area contributed by atoms with Crippen LogP contribution in [-0.2, 0) is 6.54 Å². The highest BCUT2D eigenvalue weighted by Crippen LogP contribution is 2.20. The number of benzene rings is 1. The minimum atomic E-state index is 0.576. The first kappa shape index (κ1) is 14.9. The van der Waals surface area contributed by atoms with E-state index in [2.05, 4.69) is 20.6 Å². The standard InChI is InChI=1S/C17H18N4O2/c1-2-22-14-7-5-13(6-8-14)21-17-10-16(19-12-20-17)18-11-15-4-3-9-23-15/h3-10,12H,2,11H2,1H3,(H2,18,19,20,21). The quantitative estimate of drug-likeness (QED) is 0.691. The molecule has 0 saturated heterocycles. The van der Waals surface area contributed by atoms with Gasteiger partial charge in [-0.05, 0) is 43.3 Å². The van der Waals surface area contributed by atoms with Crippen molar-refractivity contribution in [1.29, 1.82) is 0 Å². The topological polar surface area (TPSA) is 72.2 Å². The van der Waals surface area contributed by atoms with Crippen molar-refractivity contribution >= 4 is 17.3 Å². The molecule has 1 aromatic carbocycles. The fourth-order valence-corrected chi connectivity index (χ4v) is 2.06.